The maximum atomic E-state index is 13.8. The number of imide groups is 2. The molecule has 1 saturated heterocycles. The zero-order valence-electron chi connectivity index (χ0n) is 11.1. The predicted octanol–water partition coefficient (Wildman–Crippen LogP) is 2.09. The van der Waals surface area contributed by atoms with E-state index in [4.69, 9.17) is 4.42 Å². The normalized spacial score (nSPS) is 17.0. The minimum atomic E-state index is -1.00. The third kappa shape index (κ3) is 2.28. The van der Waals surface area contributed by atoms with Crippen LogP contribution in [0, 0.1) is 5.82 Å². The van der Waals surface area contributed by atoms with Gasteiger partial charge in [-0.25, -0.2) is 14.1 Å². The molecule has 1 aromatic carbocycles. The van der Waals surface area contributed by atoms with Crippen LogP contribution >= 0.6 is 0 Å². The Kier molecular flexibility index (Phi) is 3.30. The van der Waals surface area contributed by atoms with Crippen LogP contribution in [0.15, 0.2) is 52.7 Å². The molecular formula is C15H9FN2O4. The van der Waals surface area contributed by atoms with Crippen LogP contribution in [0.1, 0.15) is 5.76 Å². The third-order valence-corrected chi connectivity index (χ3v) is 3.02. The Balaban J connectivity index is 2.05. The number of hydrogen-bond acceptors (Lipinski definition) is 4. The van der Waals surface area contributed by atoms with E-state index in [-0.39, 0.29) is 17.0 Å². The lowest BCUT2D eigenvalue weighted by atomic mass is 10.1. The number of carbonyl (C=O) groups is 3. The molecule has 0 saturated carbocycles. The van der Waals surface area contributed by atoms with Crippen LogP contribution in [0.5, 0.6) is 0 Å². The highest BCUT2D eigenvalue weighted by atomic mass is 19.1. The van der Waals surface area contributed by atoms with Gasteiger partial charge in [-0.3, -0.25) is 14.9 Å². The van der Waals surface area contributed by atoms with Crippen molar-refractivity contribution >= 4 is 29.6 Å². The molecule has 0 unspecified atom stereocenters. The molecule has 110 valence electrons. The number of barbiturate groups is 1. The van der Waals surface area contributed by atoms with Crippen molar-refractivity contribution in [2.45, 2.75) is 0 Å². The molecule has 0 spiro atoms. The first-order valence-corrected chi connectivity index (χ1v) is 6.27. The number of nitrogens with one attached hydrogen (secondary N) is 1. The minimum Gasteiger partial charge on any atom is -0.465 e. The topological polar surface area (TPSA) is 79.6 Å². The fraction of sp³-hybridized carbons (Fsp3) is 0. The van der Waals surface area contributed by atoms with E-state index in [1.807, 2.05) is 5.32 Å². The number of benzene rings is 1. The van der Waals surface area contributed by atoms with Gasteiger partial charge in [0.2, 0.25) is 0 Å². The van der Waals surface area contributed by atoms with E-state index in [1.54, 1.807) is 6.07 Å². The maximum Gasteiger partial charge on any atom is 0.336 e. The first kappa shape index (κ1) is 13.7. The predicted molar refractivity (Wildman–Crippen MR) is 74.1 cm³/mol. The van der Waals surface area contributed by atoms with Gasteiger partial charge in [0.15, 0.2) is 0 Å². The second kappa shape index (κ2) is 5.28. The van der Waals surface area contributed by atoms with Gasteiger partial charge in [0, 0.05) is 0 Å². The molecule has 7 heteroatoms. The molecule has 1 aromatic heterocycles. The summed E-state index contributed by atoms with van der Waals surface area (Å²) in [6, 6.07) is 7.41. The molecule has 0 bridgehead atoms. The molecule has 2 heterocycles. The Hall–Kier alpha value is -3.22. The molecule has 1 fully saturated rings. The van der Waals surface area contributed by atoms with Crippen LogP contribution in [0.25, 0.3) is 6.08 Å². The number of carbonyl (C=O) groups excluding carboxylic acids is 3. The Labute approximate surface area is 123 Å². The Morgan fingerprint density at radius 3 is 2.55 bits per heavy atom. The molecule has 0 aliphatic carbocycles. The summed E-state index contributed by atoms with van der Waals surface area (Å²) in [6.45, 7) is 0. The number of rotatable bonds is 2. The van der Waals surface area contributed by atoms with E-state index in [1.165, 1.54) is 36.6 Å². The van der Waals surface area contributed by atoms with Gasteiger partial charge < -0.3 is 4.42 Å². The Bertz CT molecular complexity index is 796. The zero-order chi connectivity index (χ0) is 15.7. The Morgan fingerprint density at radius 1 is 1.09 bits per heavy atom. The highest BCUT2D eigenvalue weighted by molar-refractivity contribution is 6.39. The van der Waals surface area contributed by atoms with E-state index in [0.717, 1.165) is 6.07 Å². The molecule has 3 rings (SSSR count). The number of halogens is 1. The molecule has 2 aromatic rings. The van der Waals surface area contributed by atoms with Gasteiger partial charge in [0.25, 0.3) is 11.8 Å². The van der Waals surface area contributed by atoms with Crippen LogP contribution in [-0.2, 0) is 9.59 Å². The largest absolute Gasteiger partial charge is 0.465 e. The fourth-order valence-corrected chi connectivity index (χ4v) is 2.02. The third-order valence-electron chi connectivity index (χ3n) is 3.02. The summed E-state index contributed by atoms with van der Waals surface area (Å²) in [5.74, 6) is -2.27. The van der Waals surface area contributed by atoms with Crippen LogP contribution in [-0.4, -0.2) is 17.8 Å². The SMILES string of the molecule is O=C1NC(=O)N(c2ccccc2F)C(=O)C1=Cc1ccco1. The highest BCUT2D eigenvalue weighted by Crippen LogP contribution is 2.24. The first-order valence-electron chi connectivity index (χ1n) is 6.27. The summed E-state index contributed by atoms with van der Waals surface area (Å²) in [7, 11) is 0. The molecule has 6 nitrogen and oxygen atoms in total. The summed E-state index contributed by atoms with van der Waals surface area (Å²) >= 11 is 0. The number of para-hydroxylation sites is 1. The van der Waals surface area contributed by atoms with E-state index >= 15 is 0 Å². The van der Waals surface area contributed by atoms with Gasteiger partial charge in [-0.05, 0) is 30.3 Å². The van der Waals surface area contributed by atoms with Crippen LogP contribution in [0.3, 0.4) is 0 Å². The van der Waals surface area contributed by atoms with Crippen molar-refractivity contribution in [2.24, 2.45) is 0 Å². The molecule has 0 radical (unpaired) electrons. The van der Waals surface area contributed by atoms with Crippen molar-refractivity contribution in [3.05, 3.63) is 59.8 Å². The van der Waals surface area contributed by atoms with Gasteiger partial charge in [-0.2, -0.15) is 0 Å². The van der Waals surface area contributed by atoms with Gasteiger partial charge in [0.05, 0.1) is 12.0 Å². The van der Waals surface area contributed by atoms with Gasteiger partial charge >= 0.3 is 6.03 Å². The van der Waals surface area contributed by atoms with E-state index in [2.05, 4.69) is 0 Å². The summed E-state index contributed by atoms with van der Waals surface area (Å²) < 4.78 is 18.9. The number of hydrogen-bond donors (Lipinski definition) is 1. The fourth-order valence-electron chi connectivity index (χ4n) is 2.02. The molecule has 1 aliphatic rings. The van der Waals surface area contributed by atoms with Crippen molar-refractivity contribution in [1.82, 2.24) is 5.32 Å². The molecule has 4 amide bonds. The molecule has 1 aliphatic heterocycles. The minimum absolute atomic E-state index is 0.233. The lowest BCUT2D eigenvalue weighted by molar-refractivity contribution is -0.122. The van der Waals surface area contributed by atoms with Crippen LogP contribution < -0.4 is 10.2 Å². The van der Waals surface area contributed by atoms with Crippen LogP contribution in [0.2, 0.25) is 0 Å². The first-order chi connectivity index (χ1) is 10.6. The summed E-state index contributed by atoms with van der Waals surface area (Å²) in [5.41, 5.74) is -0.555. The number of nitrogens with zero attached hydrogens (tertiary/aromatic N) is 1. The second-order valence-electron chi connectivity index (χ2n) is 4.42. The zero-order valence-corrected chi connectivity index (χ0v) is 11.1. The summed E-state index contributed by atoms with van der Waals surface area (Å²) in [4.78, 5) is 36.7. The monoisotopic (exact) mass is 300 g/mol. The quantitative estimate of drug-likeness (QED) is 0.680. The molecule has 0 atom stereocenters. The van der Waals surface area contributed by atoms with Crippen molar-refractivity contribution in [2.75, 3.05) is 4.90 Å². The smallest absolute Gasteiger partial charge is 0.336 e. The number of urea groups is 1. The number of anilines is 1. The average Bonchev–Trinajstić information content (AvgIpc) is 2.98. The van der Waals surface area contributed by atoms with Crippen LogP contribution in [0.4, 0.5) is 14.9 Å². The van der Waals surface area contributed by atoms with Crippen molar-refractivity contribution in [1.29, 1.82) is 0 Å². The lowest BCUT2D eigenvalue weighted by Crippen LogP contribution is -2.54. The maximum absolute atomic E-state index is 13.8. The number of amides is 4. The molecule has 22 heavy (non-hydrogen) atoms. The number of furan rings is 1. The van der Waals surface area contributed by atoms with E-state index in [9.17, 15) is 18.8 Å². The van der Waals surface area contributed by atoms with E-state index < -0.39 is 23.7 Å². The van der Waals surface area contributed by atoms with Gasteiger partial charge in [-0.1, -0.05) is 12.1 Å². The van der Waals surface area contributed by atoms with Gasteiger partial charge in [-0.15, -0.1) is 0 Å². The van der Waals surface area contributed by atoms with Gasteiger partial charge in [0.1, 0.15) is 17.2 Å². The lowest BCUT2D eigenvalue weighted by Gasteiger charge is -2.26. The highest BCUT2D eigenvalue weighted by Gasteiger charge is 2.38. The Morgan fingerprint density at radius 2 is 1.86 bits per heavy atom. The van der Waals surface area contributed by atoms with Crippen molar-refractivity contribution in [3.8, 4) is 0 Å². The summed E-state index contributed by atoms with van der Waals surface area (Å²) in [6.07, 6.45) is 2.56. The standard InChI is InChI=1S/C15H9FN2O4/c16-11-5-1-2-6-12(11)18-14(20)10(13(19)17-15(18)21)8-9-4-3-7-22-9/h1-8H,(H,17,19,21). The molecular weight excluding hydrogens is 291 g/mol. The van der Waals surface area contributed by atoms with Crippen molar-refractivity contribution < 1.29 is 23.2 Å². The summed E-state index contributed by atoms with van der Waals surface area (Å²) in [5, 5.41) is 2.00. The molecule has 1 N–H and O–H groups in total. The second-order valence-corrected chi connectivity index (χ2v) is 4.42. The van der Waals surface area contributed by atoms with Crippen molar-refractivity contribution in [3.63, 3.8) is 0 Å². The van der Waals surface area contributed by atoms with E-state index in [0.29, 0.717) is 4.90 Å². The average molecular weight is 300 g/mol.